The highest BCUT2D eigenvalue weighted by Crippen LogP contribution is 2.28. The normalized spacial score (nSPS) is 13.6. The summed E-state index contributed by atoms with van der Waals surface area (Å²) in [6.45, 7) is 2.23. The molecule has 10 heteroatoms. The van der Waals surface area contributed by atoms with E-state index in [-0.39, 0.29) is 29.9 Å². The maximum Gasteiger partial charge on any atom is 0.255 e. The second-order valence-corrected chi connectivity index (χ2v) is 10.2. The van der Waals surface area contributed by atoms with Crippen LogP contribution >= 0.6 is 0 Å². The van der Waals surface area contributed by atoms with Gasteiger partial charge in [-0.15, -0.1) is 0 Å². The SMILES string of the molecule is C[C@H](Cc1c[nH]c2c(C(=O)N(C)C)cccc12)NC[C@H](O)c1ccc(O)c(NS(C)(=O)=O)c1. The minimum absolute atomic E-state index is 0.0117. The monoisotopic (exact) mass is 474 g/mol. The molecule has 2 aromatic carbocycles. The smallest absolute Gasteiger partial charge is 0.255 e. The second kappa shape index (κ2) is 9.82. The highest BCUT2D eigenvalue weighted by Gasteiger charge is 2.17. The minimum Gasteiger partial charge on any atom is -0.506 e. The Labute approximate surface area is 193 Å². The van der Waals surface area contributed by atoms with Gasteiger partial charge in [0.2, 0.25) is 10.0 Å². The molecule has 0 saturated heterocycles. The molecule has 5 N–H and O–H groups in total. The summed E-state index contributed by atoms with van der Waals surface area (Å²) < 4.78 is 25.2. The number of aromatic hydroxyl groups is 1. The number of nitrogens with zero attached hydrogens (tertiary/aromatic N) is 1. The van der Waals surface area contributed by atoms with Crippen molar-refractivity contribution in [3.63, 3.8) is 0 Å². The van der Waals surface area contributed by atoms with E-state index in [1.807, 2.05) is 25.3 Å². The molecule has 0 aliphatic rings. The van der Waals surface area contributed by atoms with Crippen LogP contribution in [0, 0.1) is 0 Å². The fraction of sp³-hybridized carbons (Fsp3) is 0.348. The quantitative estimate of drug-likeness (QED) is 0.302. The minimum atomic E-state index is -3.56. The summed E-state index contributed by atoms with van der Waals surface area (Å²) in [6.07, 6.45) is 2.65. The lowest BCUT2D eigenvalue weighted by Gasteiger charge is -2.18. The number of aromatic nitrogens is 1. The second-order valence-electron chi connectivity index (χ2n) is 8.42. The molecule has 33 heavy (non-hydrogen) atoms. The highest BCUT2D eigenvalue weighted by molar-refractivity contribution is 7.92. The van der Waals surface area contributed by atoms with Crippen LogP contribution in [0.4, 0.5) is 5.69 Å². The molecule has 0 saturated carbocycles. The van der Waals surface area contributed by atoms with Crippen molar-refractivity contribution in [2.24, 2.45) is 0 Å². The number of phenolic OH excluding ortho intramolecular Hbond substituents is 1. The van der Waals surface area contributed by atoms with Gasteiger partial charge in [-0.25, -0.2) is 8.42 Å². The van der Waals surface area contributed by atoms with E-state index in [2.05, 4.69) is 15.0 Å². The molecule has 178 valence electrons. The van der Waals surface area contributed by atoms with Crippen LogP contribution in [-0.4, -0.2) is 67.4 Å². The van der Waals surface area contributed by atoms with Gasteiger partial charge in [-0.3, -0.25) is 9.52 Å². The summed E-state index contributed by atoms with van der Waals surface area (Å²) in [5.41, 5.74) is 2.96. The summed E-state index contributed by atoms with van der Waals surface area (Å²) >= 11 is 0. The van der Waals surface area contributed by atoms with Crippen molar-refractivity contribution in [2.75, 3.05) is 31.6 Å². The predicted octanol–water partition coefficient (Wildman–Crippen LogP) is 2.20. The fourth-order valence-corrected chi connectivity index (χ4v) is 4.24. The van der Waals surface area contributed by atoms with Crippen molar-refractivity contribution < 1.29 is 23.4 Å². The molecule has 3 rings (SSSR count). The van der Waals surface area contributed by atoms with Crippen LogP contribution in [0.5, 0.6) is 5.75 Å². The van der Waals surface area contributed by atoms with Gasteiger partial charge in [-0.1, -0.05) is 18.2 Å². The van der Waals surface area contributed by atoms with Crippen LogP contribution in [0.2, 0.25) is 0 Å². The predicted molar refractivity (Wildman–Crippen MR) is 129 cm³/mol. The van der Waals surface area contributed by atoms with Gasteiger partial charge >= 0.3 is 0 Å². The summed E-state index contributed by atoms with van der Waals surface area (Å²) in [6, 6.07) is 9.95. The van der Waals surface area contributed by atoms with E-state index < -0.39 is 16.1 Å². The van der Waals surface area contributed by atoms with Crippen molar-refractivity contribution in [1.82, 2.24) is 15.2 Å². The van der Waals surface area contributed by atoms with Gasteiger partial charge in [0.1, 0.15) is 5.75 Å². The molecule has 0 fully saturated rings. The molecule has 0 unspecified atom stereocenters. The zero-order valence-electron chi connectivity index (χ0n) is 19.1. The third-order valence-electron chi connectivity index (χ3n) is 5.32. The molecule has 1 amide bonds. The number of amides is 1. The third-order valence-corrected chi connectivity index (χ3v) is 5.91. The zero-order valence-corrected chi connectivity index (χ0v) is 19.9. The number of sulfonamides is 1. The Morgan fingerprint density at radius 2 is 1.94 bits per heavy atom. The Kier molecular flexibility index (Phi) is 7.31. The van der Waals surface area contributed by atoms with Crippen molar-refractivity contribution >= 4 is 32.5 Å². The number of fused-ring (bicyclic) bond motifs is 1. The van der Waals surface area contributed by atoms with E-state index in [9.17, 15) is 23.4 Å². The molecule has 1 aromatic heterocycles. The third kappa shape index (κ3) is 6.04. The molecule has 0 radical (unpaired) electrons. The van der Waals surface area contributed by atoms with Gasteiger partial charge in [0.05, 0.1) is 29.1 Å². The molecular weight excluding hydrogens is 444 g/mol. The van der Waals surface area contributed by atoms with Gasteiger partial charge in [-0.05, 0) is 42.7 Å². The molecule has 9 nitrogen and oxygen atoms in total. The first-order chi connectivity index (χ1) is 15.5. The molecule has 0 aliphatic carbocycles. The van der Waals surface area contributed by atoms with Crippen molar-refractivity contribution in [2.45, 2.75) is 25.5 Å². The lowest BCUT2D eigenvalue weighted by Crippen LogP contribution is -2.32. The van der Waals surface area contributed by atoms with Crippen LogP contribution < -0.4 is 10.0 Å². The number of benzene rings is 2. The van der Waals surface area contributed by atoms with Gasteiger partial charge in [0.25, 0.3) is 5.91 Å². The average molecular weight is 475 g/mol. The topological polar surface area (TPSA) is 135 Å². The lowest BCUT2D eigenvalue weighted by atomic mass is 10.0. The Morgan fingerprint density at radius 1 is 1.21 bits per heavy atom. The largest absolute Gasteiger partial charge is 0.506 e. The standard InChI is InChI=1S/C23H30N4O5S/c1-14(10-16-12-25-22-17(16)6-5-7-18(22)23(30)27(2)3)24-13-21(29)15-8-9-20(28)19(11-15)26-33(4,31)32/h5-9,11-12,14,21,24-26,28-29H,10,13H2,1-4H3/t14-,21+/m1/s1. The van der Waals surface area contributed by atoms with Gasteiger partial charge in [0.15, 0.2) is 0 Å². The summed E-state index contributed by atoms with van der Waals surface area (Å²) in [5, 5.41) is 24.7. The summed E-state index contributed by atoms with van der Waals surface area (Å²) in [5.74, 6) is -0.286. The van der Waals surface area contributed by atoms with Crippen molar-refractivity contribution in [3.05, 3.63) is 59.3 Å². The van der Waals surface area contributed by atoms with E-state index in [1.54, 1.807) is 31.1 Å². The van der Waals surface area contributed by atoms with Gasteiger partial charge in [0, 0.05) is 38.3 Å². The number of carbonyl (C=O) groups is 1. The van der Waals surface area contributed by atoms with E-state index in [0.717, 1.165) is 22.7 Å². The summed E-state index contributed by atoms with van der Waals surface area (Å²) in [4.78, 5) is 17.2. The Morgan fingerprint density at radius 3 is 2.61 bits per heavy atom. The lowest BCUT2D eigenvalue weighted by molar-refractivity contribution is 0.0829. The van der Waals surface area contributed by atoms with E-state index >= 15 is 0 Å². The van der Waals surface area contributed by atoms with E-state index in [4.69, 9.17) is 0 Å². The van der Waals surface area contributed by atoms with E-state index in [0.29, 0.717) is 17.5 Å². The number of hydrogen-bond acceptors (Lipinski definition) is 6. The van der Waals surface area contributed by atoms with Crippen LogP contribution in [-0.2, 0) is 16.4 Å². The number of para-hydroxylation sites is 1. The molecule has 0 aliphatic heterocycles. The molecule has 2 atom stereocenters. The number of carbonyl (C=O) groups excluding carboxylic acids is 1. The number of phenols is 1. The zero-order chi connectivity index (χ0) is 24.3. The maximum atomic E-state index is 12.4. The summed E-state index contributed by atoms with van der Waals surface area (Å²) in [7, 11) is -0.125. The number of aromatic amines is 1. The molecular formula is C23H30N4O5S. The molecule has 1 heterocycles. The number of anilines is 1. The first-order valence-corrected chi connectivity index (χ1v) is 12.4. The van der Waals surface area contributed by atoms with Gasteiger partial charge < -0.3 is 25.4 Å². The maximum absolute atomic E-state index is 12.4. The first kappa shape index (κ1) is 24.6. The Hall–Kier alpha value is -3.08. The Balaban J connectivity index is 1.67. The number of aliphatic hydroxyl groups is 1. The number of H-pyrrole nitrogens is 1. The van der Waals surface area contributed by atoms with Crippen molar-refractivity contribution in [1.29, 1.82) is 0 Å². The molecule has 3 aromatic rings. The number of hydrogen-bond donors (Lipinski definition) is 5. The number of nitrogens with one attached hydrogen (secondary N) is 3. The van der Waals surface area contributed by atoms with E-state index in [1.165, 1.54) is 12.1 Å². The van der Waals surface area contributed by atoms with Crippen molar-refractivity contribution in [3.8, 4) is 5.75 Å². The van der Waals surface area contributed by atoms with Crippen LogP contribution in [0.25, 0.3) is 10.9 Å². The fourth-order valence-electron chi connectivity index (χ4n) is 3.68. The van der Waals surface area contributed by atoms with Crippen LogP contribution in [0.15, 0.2) is 42.6 Å². The molecule has 0 spiro atoms. The highest BCUT2D eigenvalue weighted by atomic mass is 32.2. The Bertz CT molecular complexity index is 1250. The van der Waals surface area contributed by atoms with Gasteiger partial charge in [-0.2, -0.15) is 0 Å². The molecule has 0 bridgehead atoms. The number of aliphatic hydroxyl groups excluding tert-OH is 1. The number of rotatable bonds is 9. The van der Waals surface area contributed by atoms with Crippen LogP contribution in [0.3, 0.4) is 0 Å². The first-order valence-electron chi connectivity index (χ1n) is 10.5. The average Bonchev–Trinajstić information content (AvgIpc) is 3.14. The van der Waals surface area contributed by atoms with Crippen LogP contribution in [0.1, 0.15) is 34.5 Å².